The molecular formula is C14H18N6O2. The average molecular weight is 302 g/mol. The van der Waals surface area contributed by atoms with Crippen molar-refractivity contribution in [1.82, 2.24) is 18.7 Å². The zero-order valence-electron chi connectivity index (χ0n) is 13.0. The van der Waals surface area contributed by atoms with Crippen LogP contribution in [0.25, 0.3) is 11.2 Å². The molecule has 0 aromatic carbocycles. The van der Waals surface area contributed by atoms with Gasteiger partial charge in [-0.25, -0.2) is 10.2 Å². The van der Waals surface area contributed by atoms with Gasteiger partial charge in [-0.3, -0.25) is 18.5 Å². The summed E-state index contributed by atoms with van der Waals surface area (Å²) in [5, 5.41) is 4.18. The molecule has 116 valence electrons. The van der Waals surface area contributed by atoms with E-state index in [1.165, 1.54) is 9.13 Å². The van der Waals surface area contributed by atoms with Crippen LogP contribution in [0.3, 0.4) is 0 Å². The van der Waals surface area contributed by atoms with E-state index in [1.807, 2.05) is 26.8 Å². The summed E-state index contributed by atoms with van der Waals surface area (Å²) in [6.45, 7) is 5.92. The fourth-order valence-corrected chi connectivity index (χ4v) is 2.59. The molecule has 1 aliphatic heterocycles. The van der Waals surface area contributed by atoms with Crippen LogP contribution in [0.4, 0.5) is 5.95 Å². The summed E-state index contributed by atoms with van der Waals surface area (Å²) in [7, 11) is 1.62. The molecule has 1 aliphatic rings. The number of nitrogens with one attached hydrogen (secondary N) is 1. The minimum Gasteiger partial charge on any atom is -0.294 e. The zero-order valence-corrected chi connectivity index (χ0v) is 13.0. The number of aryl methyl sites for hydroxylation is 1. The predicted molar refractivity (Wildman–Crippen MR) is 85.5 cm³/mol. The molecule has 1 unspecified atom stereocenters. The standard InChI is InChI=1S/C14H18N6O2/c1-5-6-7-19-12(21)10-11(18(4)14(19)22)15-13-17-16-8(2)9(3)20(10)13/h5-6,9H,7H2,1-4H3,(H,15,17). The molecule has 0 bridgehead atoms. The summed E-state index contributed by atoms with van der Waals surface area (Å²) < 4.78 is 4.41. The molecule has 8 nitrogen and oxygen atoms in total. The van der Waals surface area contributed by atoms with Gasteiger partial charge in [0.15, 0.2) is 11.2 Å². The molecule has 22 heavy (non-hydrogen) atoms. The van der Waals surface area contributed by atoms with Gasteiger partial charge in [-0.15, -0.1) is 0 Å². The fraction of sp³-hybridized carbons (Fsp3) is 0.429. The predicted octanol–water partition coefficient (Wildman–Crippen LogP) is 0.835. The summed E-state index contributed by atoms with van der Waals surface area (Å²) in [4.78, 5) is 29.5. The van der Waals surface area contributed by atoms with Gasteiger partial charge in [0.2, 0.25) is 5.95 Å². The second-order valence-corrected chi connectivity index (χ2v) is 5.34. The first-order chi connectivity index (χ1) is 10.5. The quantitative estimate of drug-likeness (QED) is 0.833. The van der Waals surface area contributed by atoms with Gasteiger partial charge in [-0.05, 0) is 20.8 Å². The van der Waals surface area contributed by atoms with Crippen LogP contribution in [0.15, 0.2) is 26.8 Å². The Labute approximate surface area is 126 Å². The third-order valence-electron chi connectivity index (χ3n) is 4.02. The normalized spacial score (nSPS) is 17.6. The number of imidazole rings is 1. The number of fused-ring (bicyclic) bond motifs is 3. The number of allylic oxidation sites excluding steroid dienone is 2. The Morgan fingerprint density at radius 3 is 2.77 bits per heavy atom. The van der Waals surface area contributed by atoms with Gasteiger partial charge in [-0.1, -0.05) is 12.2 Å². The summed E-state index contributed by atoms with van der Waals surface area (Å²) in [5.74, 6) is 0.476. The van der Waals surface area contributed by atoms with Gasteiger partial charge in [-0.2, -0.15) is 10.1 Å². The molecule has 0 saturated heterocycles. The molecule has 3 rings (SSSR count). The highest BCUT2D eigenvalue weighted by atomic mass is 16.2. The largest absolute Gasteiger partial charge is 0.332 e. The van der Waals surface area contributed by atoms with Crippen LogP contribution in [-0.4, -0.2) is 24.4 Å². The minimum absolute atomic E-state index is 0.0957. The molecule has 0 spiro atoms. The van der Waals surface area contributed by atoms with Crippen LogP contribution in [0.5, 0.6) is 0 Å². The van der Waals surface area contributed by atoms with Gasteiger partial charge >= 0.3 is 5.69 Å². The Hall–Kier alpha value is -2.64. The van der Waals surface area contributed by atoms with Crippen molar-refractivity contribution in [3.05, 3.63) is 33.0 Å². The Morgan fingerprint density at radius 2 is 2.09 bits per heavy atom. The molecule has 3 heterocycles. The molecule has 8 heteroatoms. The molecule has 2 aromatic heterocycles. The number of aromatic nitrogens is 4. The number of nitrogens with zero attached hydrogens (tertiary/aromatic N) is 5. The topological polar surface area (TPSA) is 86.2 Å². The van der Waals surface area contributed by atoms with E-state index in [1.54, 1.807) is 17.7 Å². The highest BCUT2D eigenvalue weighted by molar-refractivity contribution is 5.90. The summed E-state index contributed by atoms with van der Waals surface area (Å²) in [5.41, 5.74) is 3.74. The summed E-state index contributed by atoms with van der Waals surface area (Å²) in [6, 6.07) is -0.0957. The summed E-state index contributed by atoms with van der Waals surface area (Å²) >= 11 is 0. The van der Waals surface area contributed by atoms with E-state index >= 15 is 0 Å². The number of anilines is 1. The first-order valence-electron chi connectivity index (χ1n) is 7.10. The van der Waals surface area contributed by atoms with E-state index in [-0.39, 0.29) is 23.8 Å². The lowest BCUT2D eigenvalue weighted by atomic mass is 10.2. The first kappa shape index (κ1) is 14.3. The van der Waals surface area contributed by atoms with Crippen LogP contribution in [0, 0.1) is 0 Å². The van der Waals surface area contributed by atoms with Crippen LogP contribution >= 0.6 is 0 Å². The lowest BCUT2D eigenvalue weighted by molar-refractivity contribution is 0.652. The van der Waals surface area contributed by atoms with Crippen LogP contribution in [0.1, 0.15) is 26.8 Å². The molecule has 0 aliphatic carbocycles. The monoisotopic (exact) mass is 302 g/mol. The third kappa shape index (κ3) is 1.83. The van der Waals surface area contributed by atoms with Crippen molar-refractivity contribution < 1.29 is 0 Å². The smallest absolute Gasteiger partial charge is 0.294 e. The molecule has 0 amide bonds. The second-order valence-electron chi connectivity index (χ2n) is 5.34. The van der Waals surface area contributed by atoms with Crippen LogP contribution in [0.2, 0.25) is 0 Å². The van der Waals surface area contributed by atoms with Crippen molar-refractivity contribution >= 4 is 22.8 Å². The maximum atomic E-state index is 12.8. The highest BCUT2D eigenvalue weighted by Gasteiger charge is 2.26. The molecule has 0 fully saturated rings. The van der Waals surface area contributed by atoms with Gasteiger partial charge < -0.3 is 0 Å². The average Bonchev–Trinajstić information content (AvgIpc) is 2.89. The number of hydrogen-bond acceptors (Lipinski definition) is 5. The van der Waals surface area contributed by atoms with Gasteiger partial charge in [0, 0.05) is 13.6 Å². The van der Waals surface area contributed by atoms with E-state index in [0.29, 0.717) is 17.1 Å². The van der Waals surface area contributed by atoms with E-state index in [2.05, 4.69) is 15.5 Å². The van der Waals surface area contributed by atoms with Crippen molar-refractivity contribution in [2.75, 3.05) is 5.43 Å². The van der Waals surface area contributed by atoms with Crippen molar-refractivity contribution in [1.29, 1.82) is 0 Å². The van der Waals surface area contributed by atoms with Crippen molar-refractivity contribution in [2.45, 2.75) is 33.4 Å². The summed E-state index contributed by atoms with van der Waals surface area (Å²) in [6.07, 6.45) is 3.58. The minimum atomic E-state index is -0.378. The van der Waals surface area contributed by atoms with Crippen molar-refractivity contribution in [3.8, 4) is 0 Å². The Balaban J connectivity index is 2.41. The van der Waals surface area contributed by atoms with Gasteiger partial charge in [0.1, 0.15) is 0 Å². The maximum absolute atomic E-state index is 12.8. The lowest BCUT2D eigenvalue weighted by Crippen LogP contribution is -2.39. The molecule has 0 saturated carbocycles. The Morgan fingerprint density at radius 1 is 1.36 bits per heavy atom. The second kappa shape index (κ2) is 4.97. The first-order valence-corrected chi connectivity index (χ1v) is 7.10. The number of hydrazone groups is 1. The SMILES string of the molecule is CC=CCn1c(=O)c2c(nc3n2C(C)C(C)=NN3)n(C)c1=O. The van der Waals surface area contributed by atoms with E-state index in [0.717, 1.165) is 5.71 Å². The molecule has 1 N–H and O–H groups in total. The Kier molecular flexibility index (Phi) is 3.23. The van der Waals surface area contributed by atoms with Crippen molar-refractivity contribution in [2.24, 2.45) is 12.1 Å². The van der Waals surface area contributed by atoms with Gasteiger partial charge in [0.05, 0.1) is 11.8 Å². The van der Waals surface area contributed by atoms with E-state index in [9.17, 15) is 9.59 Å². The molecule has 1 atom stereocenters. The van der Waals surface area contributed by atoms with Crippen molar-refractivity contribution in [3.63, 3.8) is 0 Å². The number of hydrogen-bond donors (Lipinski definition) is 1. The Bertz CT molecular complexity index is 927. The maximum Gasteiger partial charge on any atom is 0.332 e. The fourth-order valence-electron chi connectivity index (χ4n) is 2.59. The number of rotatable bonds is 2. The molecule has 0 radical (unpaired) electrons. The van der Waals surface area contributed by atoms with Crippen LogP contribution in [-0.2, 0) is 13.6 Å². The lowest BCUT2D eigenvalue weighted by Gasteiger charge is -2.21. The highest BCUT2D eigenvalue weighted by Crippen LogP contribution is 2.25. The van der Waals surface area contributed by atoms with Gasteiger partial charge in [0.25, 0.3) is 5.56 Å². The van der Waals surface area contributed by atoms with E-state index in [4.69, 9.17) is 0 Å². The van der Waals surface area contributed by atoms with Crippen LogP contribution < -0.4 is 16.7 Å². The third-order valence-corrected chi connectivity index (χ3v) is 4.02. The molecule has 2 aromatic rings. The van der Waals surface area contributed by atoms with E-state index < -0.39 is 0 Å². The zero-order chi connectivity index (χ0) is 16.0. The molecular weight excluding hydrogens is 284 g/mol.